The summed E-state index contributed by atoms with van der Waals surface area (Å²) in [4.78, 5) is 11.4. The van der Waals surface area contributed by atoms with Gasteiger partial charge < -0.3 is 10.2 Å². The fourth-order valence-electron chi connectivity index (χ4n) is 3.84. The number of carbonyl (C=O) groups is 1. The summed E-state index contributed by atoms with van der Waals surface area (Å²) in [6, 6.07) is 0. The molecule has 0 spiro atoms. The lowest BCUT2D eigenvalue weighted by molar-refractivity contribution is -0.945. The smallest absolute Gasteiger partial charge is 0.392 e. The number of quaternary nitrogens is 1. The summed E-state index contributed by atoms with van der Waals surface area (Å²) in [5.41, 5.74) is 0. The van der Waals surface area contributed by atoms with E-state index in [2.05, 4.69) is 13.8 Å². The topological polar surface area (TPSA) is 57.5 Å². The van der Waals surface area contributed by atoms with Crippen LogP contribution < -0.4 is 0 Å². The molecule has 162 valence electrons. The quantitative estimate of drug-likeness (QED) is 0.151. The summed E-state index contributed by atoms with van der Waals surface area (Å²) < 4.78 is 0.265. The summed E-state index contributed by atoms with van der Waals surface area (Å²) >= 11 is 0. The number of nitrogens with zero attached hydrogens (tertiary/aromatic N) is 1. The zero-order valence-electron chi connectivity index (χ0n) is 18.6. The second kappa shape index (κ2) is 17.5. The predicted molar refractivity (Wildman–Crippen MR) is 115 cm³/mol. The molecule has 0 aromatic rings. The van der Waals surface area contributed by atoms with Crippen LogP contribution in [-0.2, 0) is 4.79 Å². The number of carboxylic acids is 1. The Hall–Kier alpha value is -0.610. The van der Waals surface area contributed by atoms with Crippen molar-refractivity contribution >= 4 is 5.97 Å². The molecule has 0 fully saturated rings. The van der Waals surface area contributed by atoms with Crippen LogP contribution in [0, 0.1) is 0 Å². The largest absolute Gasteiger partial charge is 0.475 e. The molecule has 0 aromatic heterocycles. The molecular weight excluding hydrogens is 338 g/mol. The summed E-state index contributed by atoms with van der Waals surface area (Å²) in [6.45, 7) is 6.00. The van der Waals surface area contributed by atoms with E-state index in [0.29, 0.717) is 0 Å². The molecule has 0 rings (SSSR count). The molecule has 0 aliphatic heterocycles. The average Bonchev–Trinajstić information content (AvgIpc) is 2.65. The number of likely N-dealkylation sites (N-methyl/N-ethyl adjacent to an activating group) is 1. The highest BCUT2D eigenvalue weighted by atomic mass is 16.4. The highest BCUT2D eigenvalue weighted by Gasteiger charge is 2.35. The Morgan fingerprint density at radius 3 is 1.26 bits per heavy atom. The molecule has 2 N–H and O–H groups in total. The van der Waals surface area contributed by atoms with Gasteiger partial charge in [-0.3, -0.25) is 4.48 Å². The minimum absolute atomic E-state index is 0.265. The number of rotatable bonds is 20. The Bertz CT molecular complexity index is 327. The van der Waals surface area contributed by atoms with E-state index < -0.39 is 12.2 Å². The zero-order chi connectivity index (χ0) is 20.4. The SMILES string of the molecule is CCCCCCCCCC[N+](C)(CCCCCCCCCC)C(O)C(=O)O. The highest BCUT2D eigenvalue weighted by Crippen LogP contribution is 2.17. The lowest BCUT2D eigenvalue weighted by Gasteiger charge is -2.36. The third-order valence-corrected chi connectivity index (χ3v) is 5.86. The maximum absolute atomic E-state index is 11.4. The Kier molecular flexibility index (Phi) is 17.1. The second-order valence-electron chi connectivity index (χ2n) is 8.59. The van der Waals surface area contributed by atoms with Crippen molar-refractivity contribution in [2.75, 3.05) is 20.1 Å². The van der Waals surface area contributed by atoms with Crippen molar-refractivity contribution < 1.29 is 19.5 Å². The molecule has 0 heterocycles. The van der Waals surface area contributed by atoms with Crippen LogP contribution in [0.15, 0.2) is 0 Å². The van der Waals surface area contributed by atoms with E-state index in [4.69, 9.17) is 0 Å². The monoisotopic (exact) mass is 386 g/mol. The molecular formula is C23H48NO3+. The number of carboxylic acid groups (broad SMARTS) is 1. The molecule has 0 saturated carbocycles. The summed E-state index contributed by atoms with van der Waals surface area (Å²) in [5, 5.41) is 19.5. The van der Waals surface area contributed by atoms with Crippen LogP contribution in [0.5, 0.6) is 0 Å². The summed E-state index contributed by atoms with van der Waals surface area (Å²) in [7, 11) is 1.92. The van der Waals surface area contributed by atoms with Gasteiger partial charge in [-0.2, -0.15) is 0 Å². The third kappa shape index (κ3) is 14.1. The first-order valence-corrected chi connectivity index (χ1v) is 11.7. The molecule has 0 aromatic carbocycles. The zero-order valence-corrected chi connectivity index (χ0v) is 18.6. The van der Waals surface area contributed by atoms with Gasteiger partial charge in [-0.25, -0.2) is 4.79 Å². The van der Waals surface area contributed by atoms with Crippen molar-refractivity contribution in [1.29, 1.82) is 0 Å². The predicted octanol–water partition coefficient (Wildman–Crippen LogP) is 6.12. The first kappa shape index (κ1) is 26.4. The van der Waals surface area contributed by atoms with Gasteiger partial charge in [-0.15, -0.1) is 0 Å². The molecule has 4 heteroatoms. The number of aliphatic hydroxyl groups excluding tert-OH is 1. The minimum Gasteiger partial charge on any atom is -0.475 e. The van der Waals surface area contributed by atoms with Crippen LogP contribution in [0.1, 0.15) is 117 Å². The highest BCUT2D eigenvalue weighted by molar-refractivity contribution is 5.70. The number of hydrogen-bond acceptors (Lipinski definition) is 2. The number of aliphatic hydroxyl groups is 1. The van der Waals surface area contributed by atoms with Gasteiger partial charge >= 0.3 is 5.97 Å². The van der Waals surface area contributed by atoms with E-state index in [0.717, 1.165) is 38.8 Å². The van der Waals surface area contributed by atoms with Crippen molar-refractivity contribution in [1.82, 2.24) is 0 Å². The fraction of sp³-hybridized carbons (Fsp3) is 0.957. The molecule has 1 atom stereocenters. The Morgan fingerprint density at radius 1 is 0.667 bits per heavy atom. The molecule has 0 radical (unpaired) electrons. The van der Waals surface area contributed by atoms with Gasteiger partial charge in [0.1, 0.15) is 0 Å². The van der Waals surface area contributed by atoms with Gasteiger partial charge in [0.2, 0.25) is 0 Å². The van der Waals surface area contributed by atoms with Crippen molar-refractivity contribution in [3.05, 3.63) is 0 Å². The van der Waals surface area contributed by atoms with E-state index in [9.17, 15) is 15.0 Å². The van der Waals surface area contributed by atoms with Gasteiger partial charge in [0.25, 0.3) is 6.23 Å². The molecule has 1 unspecified atom stereocenters. The van der Waals surface area contributed by atoms with Crippen LogP contribution in [-0.4, -0.2) is 47.0 Å². The lowest BCUT2D eigenvalue weighted by Crippen LogP contribution is -2.56. The molecule has 0 aliphatic carbocycles. The Labute approximate surface area is 168 Å². The molecule has 27 heavy (non-hydrogen) atoms. The van der Waals surface area contributed by atoms with Gasteiger partial charge in [0.05, 0.1) is 20.1 Å². The van der Waals surface area contributed by atoms with E-state index in [1.807, 2.05) is 7.05 Å². The first-order chi connectivity index (χ1) is 13.0. The van der Waals surface area contributed by atoms with E-state index in [1.165, 1.54) is 77.0 Å². The Balaban J connectivity index is 4.04. The van der Waals surface area contributed by atoms with Crippen molar-refractivity contribution in [3.63, 3.8) is 0 Å². The van der Waals surface area contributed by atoms with E-state index in [-0.39, 0.29) is 4.48 Å². The van der Waals surface area contributed by atoms with E-state index >= 15 is 0 Å². The third-order valence-electron chi connectivity index (χ3n) is 5.86. The van der Waals surface area contributed by atoms with Crippen LogP contribution in [0.25, 0.3) is 0 Å². The van der Waals surface area contributed by atoms with Crippen molar-refractivity contribution in [3.8, 4) is 0 Å². The normalized spacial score (nSPS) is 13.0. The number of hydrogen-bond donors (Lipinski definition) is 2. The number of aliphatic carboxylic acids is 1. The van der Waals surface area contributed by atoms with E-state index in [1.54, 1.807) is 0 Å². The van der Waals surface area contributed by atoms with Crippen molar-refractivity contribution in [2.45, 2.75) is 123 Å². The van der Waals surface area contributed by atoms with Crippen molar-refractivity contribution in [2.24, 2.45) is 0 Å². The molecule has 4 nitrogen and oxygen atoms in total. The molecule has 0 bridgehead atoms. The van der Waals surface area contributed by atoms with Gasteiger partial charge in [-0.1, -0.05) is 90.9 Å². The second-order valence-corrected chi connectivity index (χ2v) is 8.59. The van der Waals surface area contributed by atoms with Gasteiger partial charge in [-0.05, 0) is 25.7 Å². The molecule has 0 amide bonds. The fourth-order valence-corrected chi connectivity index (χ4v) is 3.84. The maximum Gasteiger partial charge on any atom is 0.392 e. The van der Waals surface area contributed by atoms with Gasteiger partial charge in [0, 0.05) is 0 Å². The van der Waals surface area contributed by atoms with Gasteiger partial charge in [0.15, 0.2) is 0 Å². The molecule has 0 saturated heterocycles. The maximum atomic E-state index is 11.4. The van der Waals surface area contributed by atoms with Crippen LogP contribution in [0.2, 0.25) is 0 Å². The molecule has 0 aliphatic rings. The van der Waals surface area contributed by atoms with Crippen LogP contribution in [0.3, 0.4) is 0 Å². The van der Waals surface area contributed by atoms with Crippen LogP contribution >= 0.6 is 0 Å². The summed E-state index contributed by atoms with van der Waals surface area (Å²) in [5.74, 6) is -1.09. The lowest BCUT2D eigenvalue weighted by atomic mass is 10.1. The summed E-state index contributed by atoms with van der Waals surface area (Å²) in [6.07, 6.45) is 18.5. The minimum atomic E-state index is -1.29. The standard InChI is InChI=1S/C23H47NO3/c1-4-6-8-10-12-14-16-18-20-24(3,22(25)23(26)27)21-19-17-15-13-11-9-7-5-2/h22,25H,4-21H2,1-3H3/p+1. The average molecular weight is 387 g/mol. The first-order valence-electron chi connectivity index (χ1n) is 11.7. The number of unbranched alkanes of at least 4 members (excludes halogenated alkanes) is 14. The van der Waals surface area contributed by atoms with Crippen LogP contribution in [0.4, 0.5) is 0 Å². The Morgan fingerprint density at radius 2 is 0.963 bits per heavy atom.